The molecule has 0 aliphatic heterocycles. The monoisotopic (exact) mass is 455 g/mol. The predicted octanol–water partition coefficient (Wildman–Crippen LogP) is 6.85. The highest BCUT2D eigenvalue weighted by Crippen LogP contribution is 2.44. The van der Waals surface area contributed by atoms with E-state index >= 15 is 0 Å². The van der Waals surface area contributed by atoms with Crippen LogP contribution in [0.3, 0.4) is 0 Å². The molecule has 1 N–H and O–H groups in total. The molecule has 1 amide bonds. The summed E-state index contributed by atoms with van der Waals surface area (Å²) in [6.45, 7) is 0.424. The molecule has 0 radical (unpaired) electrons. The second-order valence-corrected chi connectivity index (χ2v) is 8.37. The first kappa shape index (κ1) is 22.0. The van der Waals surface area contributed by atoms with E-state index in [0.29, 0.717) is 5.56 Å². The molecule has 1 aliphatic carbocycles. The zero-order valence-electron chi connectivity index (χ0n) is 16.9. The minimum atomic E-state index is -4.33. The van der Waals surface area contributed by atoms with Gasteiger partial charge in [0.1, 0.15) is 6.61 Å². The van der Waals surface area contributed by atoms with E-state index in [2.05, 4.69) is 29.6 Å². The summed E-state index contributed by atoms with van der Waals surface area (Å²) in [6.07, 6.45) is 2.78. The van der Waals surface area contributed by atoms with Gasteiger partial charge in [-0.05, 0) is 51.7 Å². The molecule has 0 fully saturated rings. The van der Waals surface area contributed by atoms with Crippen molar-refractivity contribution in [1.29, 1.82) is 0 Å². The van der Waals surface area contributed by atoms with Crippen molar-refractivity contribution in [1.82, 2.24) is 5.32 Å². The van der Waals surface area contributed by atoms with Crippen molar-refractivity contribution in [2.24, 2.45) is 0 Å². The summed E-state index contributed by atoms with van der Waals surface area (Å²) in [5.41, 5.74) is 0.884. The molecule has 0 aromatic heterocycles. The summed E-state index contributed by atoms with van der Waals surface area (Å²) in [5, 5.41) is 2.64. The molecule has 32 heavy (non-hydrogen) atoms. The van der Waals surface area contributed by atoms with E-state index in [1.54, 1.807) is 24.3 Å². The second-order valence-electron chi connectivity index (χ2n) is 7.23. The van der Waals surface area contributed by atoms with E-state index in [-0.39, 0.29) is 35.7 Å². The van der Waals surface area contributed by atoms with E-state index in [1.807, 2.05) is 24.3 Å². The number of halogens is 3. The van der Waals surface area contributed by atoms with Crippen LogP contribution in [0, 0.1) is 0 Å². The molecule has 0 heterocycles. The van der Waals surface area contributed by atoms with Crippen molar-refractivity contribution in [3.63, 3.8) is 0 Å². The predicted molar refractivity (Wildman–Crippen MR) is 120 cm³/mol. The molecule has 3 aromatic carbocycles. The molecule has 0 atom stereocenters. The molecule has 164 valence electrons. The quantitative estimate of drug-likeness (QED) is 0.413. The summed E-state index contributed by atoms with van der Waals surface area (Å²) < 4.78 is 43.0. The molecule has 0 spiro atoms. The lowest BCUT2D eigenvalue weighted by molar-refractivity contribution is -0.0328. The Kier molecular flexibility index (Phi) is 6.55. The largest absolute Gasteiger partial charge is 0.449 e. The van der Waals surface area contributed by atoms with Crippen molar-refractivity contribution in [3.8, 4) is 11.1 Å². The summed E-state index contributed by atoms with van der Waals surface area (Å²) in [7, 11) is 0. The molecule has 4 rings (SSSR count). The third kappa shape index (κ3) is 5.34. The molecule has 3 nitrogen and oxygen atoms in total. The van der Waals surface area contributed by atoms with Crippen molar-refractivity contribution in [2.45, 2.75) is 16.3 Å². The number of fused-ring (bicyclic) bond motifs is 3. The average molecular weight is 456 g/mol. The Labute approximate surface area is 188 Å². The maximum atomic E-state index is 12.5. The lowest BCUT2D eigenvalue weighted by Gasteiger charge is -2.14. The molecule has 0 bridgehead atoms. The summed E-state index contributed by atoms with van der Waals surface area (Å²) in [6, 6.07) is 22.3. The molecule has 0 unspecified atom stereocenters. The fourth-order valence-corrected chi connectivity index (χ4v) is 4.41. The van der Waals surface area contributed by atoms with Crippen LogP contribution in [-0.4, -0.2) is 24.8 Å². The van der Waals surface area contributed by atoms with Crippen molar-refractivity contribution < 1.29 is 22.7 Å². The first-order valence-corrected chi connectivity index (χ1v) is 10.8. The normalized spacial score (nSPS) is 13.1. The van der Waals surface area contributed by atoms with Gasteiger partial charge >= 0.3 is 11.6 Å². The Morgan fingerprint density at radius 2 is 1.62 bits per heavy atom. The number of benzene rings is 3. The van der Waals surface area contributed by atoms with Gasteiger partial charge in [-0.1, -0.05) is 72.8 Å². The maximum absolute atomic E-state index is 12.5. The number of hydrogen-bond donors (Lipinski definition) is 1. The van der Waals surface area contributed by atoms with Crippen molar-refractivity contribution in [2.75, 3.05) is 13.2 Å². The molecular formula is C25H20F3NO2S. The molecule has 3 aromatic rings. The number of hydrogen-bond acceptors (Lipinski definition) is 3. The zero-order chi connectivity index (χ0) is 22.6. The smallest absolute Gasteiger partial charge is 0.446 e. The van der Waals surface area contributed by atoms with Gasteiger partial charge in [0.15, 0.2) is 0 Å². The first-order chi connectivity index (χ1) is 15.4. The van der Waals surface area contributed by atoms with E-state index in [4.69, 9.17) is 4.74 Å². The highest BCUT2D eigenvalue weighted by Gasteiger charge is 2.29. The van der Waals surface area contributed by atoms with Crippen LogP contribution in [0.5, 0.6) is 0 Å². The van der Waals surface area contributed by atoms with Gasteiger partial charge in [0.05, 0.1) is 0 Å². The number of rotatable bonds is 6. The maximum Gasteiger partial charge on any atom is 0.446 e. The van der Waals surface area contributed by atoms with Crippen LogP contribution < -0.4 is 5.32 Å². The van der Waals surface area contributed by atoms with E-state index in [9.17, 15) is 18.0 Å². The van der Waals surface area contributed by atoms with Crippen LogP contribution >= 0.6 is 11.8 Å². The van der Waals surface area contributed by atoms with Crippen LogP contribution in [0.15, 0.2) is 83.8 Å². The lowest BCUT2D eigenvalue weighted by Crippen LogP contribution is -2.26. The van der Waals surface area contributed by atoms with Gasteiger partial charge in [-0.15, -0.1) is 0 Å². The van der Waals surface area contributed by atoms with Gasteiger partial charge in [0.25, 0.3) is 0 Å². The lowest BCUT2D eigenvalue weighted by atomic mass is 9.98. The second kappa shape index (κ2) is 9.53. The number of ether oxygens (including phenoxy) is 1. The zero-order valence-corrected chi connectivity index (χ0v) is 17.7. The highest BCUT2D eigenvalue weighted by atomic mass is 32.2. The SMILES string of the molecule is O=C(NCC=Cc1cccc(SC(F)(F)F)c1)OCC1c2ccccc2-c2ccccc21. The summed E-state index contributed by atoms with van der Waals surface area (Å²) >= 11 is -0.156. The van der Waals surface area contributed by atoms with Crippen LogP contribution in [-0.2, 0) is 4.74 Å². The van der Waals surface area contributed by atoms with Crippen molar-refractivity contribution >= 4 is 23.9 Å². The van der Waals surface area contributed by atoms with E-state index in [1.165, 1.54) is 12.1 Å². The van der Waals surface area contributed by atoms with Crippen LogP contribution in [0.4, 0.5) is 18.0 Å². The Hall–Kier alpha value is -3.19. The molecule has 1 aliphatic rings. The third-order valence-electron chi connectivity index (χ3n) is 5.11. The third-order valence-corrected chi connectivity index (χ3v) is 5.83. The number of carbonyl (C=O) groups excluding carboxylic acids is 1. The molecule has 0 saturated heterocycles. The topological polar surface area (TPSA) is 38.3 Å². The van der Waals surface area contributed by atoms with Gasteiger partial charge in [0, 0.05) is 17.4 Å². The van der Waals surface area contributed by atoms with Gasteiger partial charge < -0.3 is 10.1 Å². The van der Waals surface area contributed by atoms with E-state index in [0.717, 1.165) is 22.3 Å². The minimum absolute atomic E-state index is 0.0161. The summed E-state index contributed by atoms with van der Waals surface area (Å²) in [5.74, 6) is -0.0161. The fraction of sp³-hybridized carbons (Fsp3) is 0.160. The number of alkyl carbamates (subject to hydrolysis) is 1. The number of alkyl halides is 3. The van der Waals surface area contributed by atoms with Crippen LogP contribution in [0.2, 0.25) is 0 Å². The Morgan fingerprint density at radius 1 is 0.969 bits per heavy atom. The average Bonchev–Trinajstić information content (AvgIpc) is 3.08. The van der Waals surface area contributed by atoms with Gasteiger partial charge in [-0.25, -0.2) is 4.79 Å². The van der Waals surface area contributed by atoms with Crippen LogP contribution in [0.25, 0.3) is 17.2 Å². The number of thioether (sulfide) groups is 1. The Balaban J connectivity index is 1.30. The molecular weight excluding hydrogens is 435 g/mol. The fourth-order valence-electron chi connectivity index (χ4n) is 3.80. The van der Waals surface area contributed by atoms with Gasteiger partial charge in [-0.2, -0.15) is 13.2 Å². The highest BCUT2D eigenvalue weighted by molar-refractivity contribution is 8.00. The number of amides is 1. The van der Waals surface area contributed by atoms with E-state index < -0.39 is 11.6 Å². The Bertz CT molecular complexity index is 1100. The van der Waals surface area contributed by atoms with Gasteiger partial charge in [0.2, 0.25) is 0 Å². The van der Waals surface area contributed by atoms with Crippen molar-refractivity contribution in [3.05, 3.63) is 95.6 Å². The molecule has 0 saturated carbocycles. The number of nitrogens with one attached hydrogen (secondary N) is 1. The van der Waals surface area contributed by atoms with Gasteiger partial charge in [-0.3, -0.25) is 0 Å². The molecule has 7 heteroatoms. The first-order valence-electron chi connectivity index (χ1n) is 10.0. The van der Waals surface area contributed by atoms with Crippen LogP contribution in [0.1, 0.15) is 22.6 Å². The number of carbonyl (C=O) groups is 1. The summed E-state index contributed by atoms with van der Waals surface area (Å²) in [4.78, 5) is 12.3. The minimum Gasteiger partial charge on any atom is -0.449 e. The standard InChI is InChI=1S/C25H20F3NO2S/c26-25(27,28)32-18-9-5-7-17(15-18)8-6-14-29-24(30)31-16-23-21-12-3-1-10-19(21)20-11-2-4-13-22(20)23/h1-13,15,23H,14,16H2,(H,29,30). The Morgan fingerprint density at radius 3 is 2.28 bits per heavy atom.